The highest BCUT2D eigenvalue weighted by molar-refractivity contribution is 5.73. The molecule has 1 aliphatic rings. The molecule has 1 fully saturated rings. The summed E-state index contributed by atoms with van der Waals surface area (Å²) in [6, 6.07) is 8.13. The van der Waals surface area contributed by atoms with E-state index in [4.69, 9.17) is 9.72 Å². The van der Waals surface area contributed by atoms with Crippen molar-refractivity contribution in [3.63, 3.8) is 0 Å². The Morgan fingerprint density at radius 1 is 1.07 bits per heavy atom. The third-order valence-electron chi connectivity index (χ3n) is 5.08. The topological polar surface area (TPSA) is 58.6 Å². The van der Waals surface area contributed by atoms with E-state index in [1.54, 1.807) is 14.0 Å². The number of aryl methyl sites for hydroxylation is 2. The van der Waals surface area contributed by atoms with E-state index in [-0.39, 0.29) is 5.91 Å². The van der Waals surface area contributed by atoms with Gasteiger partial charge < -0.3 is 14.5 Å². The van der Waals surface area contributed by atoms with Crippen molar-refractivity contribution in [3.05, 3.63) is 46.9 Å². The van der Waals surface area contributed by atoms with Crippen LogP contribution >= 0.6 is 0 Å². The van der Waals surface area contributed by atoms with Crippen LogP contribution < -0.4 is 9.64 Å². The molecule has 0 spiro atoms. The van der Waals surface area contributed by atoms with Crippen LogP contribution in [0.15, 0.2) is 24.3 Å². The summed E-state index contributed by atoms with van der Waals surface area (Å²) in [7, 11) is 1.68. The predicted octanol–water partition coefficient (Wildman–Crippen LogP) is 2.75. The fourth-order valence-electron chi connectivity index (χ4n) is 3.58. The lowest BCUT2D eigenvalue weighted by atomic mass is 10.0. The average molecular weight is 368 g/mol. The van der Waals surface area contributed by atoms with Gasteiger partial charge in [-0.15, -0.1) is 0 Å². The summed E-state index contributed by atoms with van der Waals surface area (Å²) in [4.78, 5) is 25.3. The summed E-state index contributed by atoms with van der Waals surface area (Å²) >= 11 is 0. The van der Waals surface area contributed by atoms with Gasteiger partial charge in [0.2, 0.25) is 5.91 Å². The summed E-state index contributed by atoms with van der Waals surface area (Å²) in [6.45, 7) is 8.87. The number of methoxy groups -OCH3 is 1. The molecule has 0 saturated carbocycles. The number of nitrogens with zero attached hydrogens (tertiary/aromatic N) is 4. The van der Waals surface area contributed by atoms with Gasteiger partial charge in [-0.05, 0) is 38.0 Å². The Bertz CT molecular complexity index is 805. The monoisotopic (exact) mass is 368 g/mol. The number of amides is 1. The summed E-state index contributed by atoms with van der Waals surface area (Å²) in [6.07, 6.45) is 1.72. The highest BCUT2D eigenvalue weighted by Gasteiger charge is 2.21. The highest BCUT2D eigenvalue weighted by Crippen LogP contribution is 2.26. The van der Waals surface area contributed by atoms with Gasteiger partial charge >= 0.3 is 0 Å². The van der Waals surface area contributed by atoms with Gasteiger partial charge in [0.15, 0.2) is 0 Å². The number of hydrogen-bond donors (Lipinski definition) is 0. The molecule has 0 N–H and O–H groups in total. The number of aromatic nitrogens is 2. The second-order valence-corrected chi connectivity index (χ2v) is 7.03. The van der Waals surface area contributed by atoms with Crippen LogP contribution in [0.3, 0.4) is 0 Å². The fourth-order valence-corrected chi connectivity index (χ4v) is 3.58. The fraction of sp³-hybridized carbons (Fsp3) is 0.476. The maximum Gasteiger partial charge on any atom is 0.219 e. The Labute approximate surface area is 161 Å². The third-order valence-corrected chi connectivity index (χ3v) is 5.08. The van der Waals surface area contributed by atoms with E-state index in [2.05, 4.69) is 28.9 Å². The Morgan fingerprint density at radius 2 is 1.81 bits per heavy atom. The minimum atomic E-state index is 0.144. The van der Waals surface area contributed by atoms with Crippen molar-refractivity contribution in [2.75, 3.05) is 38.2 Å². The van der Waals surface area contributed by atoms with Crippen molar-refractivity contribution in [3.8, 4) is 5.75 Å². The van der Waals surface area contributed by atoms with E-state index in [1.807, 2.05) is 24.0 Å². The van der Waals surface area contributed by atoms with E-state index in [1.165, 1.54) is 5.56 Å². The summed E-state index contributed by atoms with van der Waals surface area (Å²) in [5.41, 5.74) is 3.37. The lowest BCUT2D eigenvalue weighted by Gasteiger charge is -2.25. The second-order valence-electron chi connectivity index (χ2n) is 7.03. The highest BCUT2D eigenvalue weighted by atomic mass is 16.5. The molecule has 1 aliphatic heterocycles. The number of carbonyl (C=O) groups is 1. The number of ether oxygens (including phenoxy) is 1. The first-order valence-electron chi connectivity index (χ1n) is 9.45. The van der Waals surface area contributed by atoms with E-state index >= 15 is 0 Å². The molecular formula is C21H28N4O2. The molecule has 1 amide bonds. The molecule has 0 aliphatic carbocycles. The van der Waals surface area contributed by atoms with Crippen molar-refractivity contribution in [2.45, 2.75) is 33.6 Å². The van der Waals surface area contributed by atoms with Gasteiger partial charge in [-0.3, -0.25) is 4.79 Å². The zero-order valence-corrected chi connectivity index (χ0v) is 16.7. The zero-order chi connectivity index (χ0) is 19.4. The van der Waals surface area contributed by atoms with Crippen LogP contribution in [0.2, 0.25) is 0 Å². The van der Waals surface area contributed by atoms with E-state index in [0.29, 0.717) is 0 Å². The van der Waals surface area contributed by atoms with Crippen LogP contribution in [0.4, 0.5) is 5.82 Å². The van der Waals surface area contributed by atoms with Crippen LogP contribution in [-0.2, 0) is 11.2 Å². The van der Waals surface area contributed by atoms with Crippen LogP contribution in [0.25, 0.3) is 0 Å². The normalized spacial score (nSPS) is 14.8. The van der Waals surface area contributed by atoms with Crippen LogP contribution in [0.1, 0.15) is 36.0 Å². The largest absolute Gasteiger partial charge is 0.497 e. The predicted molar refractivity (Wildman–Crippen MR) is 106 cm³/mol. The number of benzene rings is 1. The molecule has 6 nitrogen and oxygen atoms in total. The van der Waals surface area contributed by atoms with Gasteiger partial charge in [0.05, 0.1) is 7.11 Å². The first kappa shape index (κ1) is 19.1. The molecule has 0 atom stereocenters. The Morgan fingerprint density at radius 3 is 2.48 bits per heavy atom. The molecule has 0 bridgehead atoms. The smallest absolute Gasteiger partial charge is 0.219 e. The number of carbonyl (C=O) groups excluding carboxylic acids is 1. The molecule has 6 heteroatoms. The Balaban J connectivity index is 1.89. The van der Waals surface area contributed by atoms with Crippen LogP contribution in [0, 0.1) is 13.8 Å². The van der Waals surface area contributed by atoms with Crippen LogP contribution in [0.5, 0.6) is 5.75 Å². The van der Waals surface area contributed by atoms with Gasteiger partial charge in [-0.2, -0.15) is 0 Å². The molecule has 1 aromatic carbocycles. The lowest BCUT2D eigenvalue weighted by molar-refractivity contribution is -0.128. The molecule has 0 unspecified atom stereocenters. The lowest BCUT2D eigenvalue weighted by Crippen LogP contribution is -2.34. The molecule has 1 saturated heterocycles. The molecule has 27 heavy (non-hydrogen) atoms. The van der Waals surface area contributed by atoms with Gasteiger partial charge in [0, 0.05) is 50.8 Å². The summed E-state index contributed by atoms with van der Waals surface area (Å²) < 4.78 is 5.26. The molecule has 144 valence electrons. The molecular weight excluding hydrogens is 340 g/mol. The van der Waals surface area contributed by atoms with Gasteiger partial charge in [-0.25, -0.2) is 9.97 Å². The van der Waals surface area contributed by atoms with Crippen molar-refractivity contribution in [1.29, 1.82) is 0 Å². The van der Waals surface area contributed by atoms with E-state index in [9.17, 15) is 4.79 Å². The summed E-state index contributed by atoms with van der Waals surface area (Å²) in [5, 5.41) is 0. The number of hydrogen-bond acceptors (Lipinski definition) is 5. The van der Waals surface area contributed by atoms with Crippen molar-refractivity contribution in [2.24, 2.45) is 0 Å². The van der Waals surface area contributed by atoms with Gasteiger partial charge in [0.25, 0.3) is 0 Å². The molecule has 2 aromatic rings. The third kappa shape index (κ3) is 4.56. The molecule has 0 radical (unpaired) electrons. The van der Waals surface area contributed by atoms with E-state index < -0.39 is 0 Å². The Hall–Kier alpha value is -2.63. The minimum absolute atomic E-state index is 0.144. The van der Waals surface area contributed by atoms with Gasteiger partial charge in [0.1, 0.15) is 17.4 Å². The quantitative estimate of drug-likeness (QED) is 0.831. The van der Waals surface area contributed by atoms with Crippen molar-refractivity contribution >= 4 is 11.7 Å². The average Bonchev–Trinajstić information content (AvgIpc) is 2.90. The minimum Gasteiger partial charge on any atom is -0.497 e. The Kier molecular flexibility index (Phi) is 5.94. The van der Waals surface area contributed by atoms with Crippen LogP contribution in [-0.4, -0.2) is 54.1 Å². The van der Waals surface area contributed by atoms with E-state index in [0.717, 1.165) is 67.7 Å². The first-order chi connectivity index (χ1) is 13.0. The van der Waals surface area contributed by atoms with Gasteiger partial charge in [-0.1, -0.05) is 12.1 Å². The second kappa shape index (κ2) is 8.37. The standard InChI is InChI=1S/C21H28N4O2/c1-15-20(14-18-6-8-19(27-4)9-7-18)21(23-16(2)22-15)25-11-5-10-24(12-13-25)17(3)26/h6-9H,5,10-14H2,1-4H3. The van der Waals surface area contributed by atoms with Crippen molar-refractivity contribution < 1.29 is 9.53 Å². The van der Waals surface area contributed by atoms with Crippen molar-refractivity contribution in [1.82, 2.24) is 14.9 Å². The number of rotatable bonds is 4. The molecule has 3 rings (SSSR count). The number of anilines is 1. The first-order valence-corrected chi connectivity index (χ1v) is 9.45. The molecule has 2 heterocycles. The zero-order valence-electron chi connectivity index (χ0n) is 16.7. The maximum atomic E-state index is 11.7. The molecule has 1 aromatic heterocycles. The SMILES string of the molecule is COc1ccc(Cc2c(C)nc(C)nc2N2CCCN(C(C)=O)CC2)cc1. The maximum absolute atomic E-state index is 11.7. The summed E-state index contributed by atoms with van der Waals surface area (Å²) in [5.74, 6) is 2.79.